The van der Waals surface area contributed by atoms with Crippen molar-refractivity contribution in [1.29, 1.82) is 0 Å². The van der Waals surface area contributed by atoms with Crippen molar-refractivity contribution in [3.05, 3.63) is 34.9 Å². The highest BCUT2D eigenvalue weighted by molar-refractivity contribution is 8.14. The Kier molecular flexibility index (Phi) is 4.63. The summed E-state index contributed by atoms with van der Waals surface area (Å²) in [6.45, 7) is 2.10. The fraction of sp³-hybridized carbons (Fsp3) is 0.333. The number of carbonyl (C=O) groups is 1. The van der Waals surface area contributed by atoms with Crippen molar-refractivity contribution in [1.82, 2.24) is 10.9 Å². The van der Waals surface area contributed by atoms with E-state index in [-0.39, 0.29) is 11.3 Å². The standard InChI is InChI=1S/C12H13ClN3OS/c1-2-5-10-15-16-12(18-10)14-11(17)8-6-3-4-7-9(8)13/h3-4,6-7,10,15H,2,5H2,1H3. The van der Waals surface area contributed by atoms with E-state index in [0.29, 0.717) is 15.8 Å². The summed E-state index contributed by atoms with van der Waals surface area (Å²) in [5, 5.41) is 1.10. The highest BCUT2D eigenvalue weighted by Gasteiger charge is 2.22. The van der Waals surface area contributed by atoms with E-state index in [4.69, 9.17) is 11.6 Å². The minimum absolute atomic E-state index is 0.216. The van der Waals surface area contributed by atoms with E-state index in [1.807, 2.05) is 0 Å². The molecule has 4 nitrogen and oxygen atoms in total. The monoisotopic (exact) mass is 282 g/mol. The molecule has 18 heavy (non-hydrogen) atoms. The minimum atomic E-state index is -0.356. The Morgan fingerprint density at radius 2 is 2.33 bits per heavy atom. The van der Waals surface area contributed by atoms with Crippen LogP contribution in [0.1, 0.15) is 30.1 Å². The largest absolute Gasteiger partial charge is 0.281 e. The number of rotatable bonds is 3. The summed E-state index contributed by atoms with van der Waals surface area (Å²) in [7, 11) is 0. The van der Waals surface area contributed by atoms with Gasteiger partial charge in [-0.3, -0.25) is 4.79 Å². The van der Waals surface area contributed by atoms with Crippen molar-refractivity contribution < 1.29 is 4.79 Å². The summed E-state index contributed by atoms with van der Waals surface area (Å²) >= 11 is 7.41. The molecule has 1 aliphatic heterocycles. The first kappa shape index (κ1) is 13.4. The molecule has 1 atom stereocenters. The second-order valence-electron chi connectivity index (χ2n) is 3.82. The zero-order valence-electron chi connectivity index (χ0n) is 9.89. The van der Waals surface area contributed by atoms with Crippen LogP contribution >= 0.6 is 23.4 Å². The molecule has 1 aromatic rings. The number of aliphatic imine (C=N–C) groups is 1. The zero-order chi connectivity index (χ0) is 13.0. The molecule has 1 heterocycles. The van der Waals surface area contributed by atoms with E-state index in [1.54, 1.807) is 24.3 Å². The third-order valence-electron chi connectivity index (χ3n) is 2.40. The normalized spacial score (nSPS) is 21.0. The van der Waals surface area contributed by atoms with Crippen LogP contribution in [0.15, 0.2) is 29.3 Å². The van der Waals surface area contributed by atoms with Crippen LogP contribution in [0.3, 0.4) is 0 Å². The van der Waals surface area contributed by atoms with Gasteiger partial charge in [0.1, 0.15) is 0 Å². The second-order valence-corrected chi connectivity index (χ2v) is 5.39. The van der Waals surface area contributed by atoms with Gasteiger partial charge in [0, 0.05) is 0 Å². The van der Waals surface area contributed by atoms with E-state index in [9.17, 15) is 4.79 Å². The molecular formula is C12H13ClN3OS. The first-order chi connectivity index (χ1) is 8.70. The van der Waals surface area contributed by atoms with Crippen LogP contribution in [-0.2, 0) is 0 Å². The van der Waals surface area contributed by atoms with Crippen molar-refractivity contribution in [3.63, 3.8) is 0 Å². The van der Waals surface area contributed by atoms with E-state index in [2.05, 4.69) is 22.8 Å². The first-order valence-electron chi connectivity index (χ1n) is 5.71. The predicted molar refractivity (Wildman–Crippen MR) is 74.8 cm³/mol. The number of thioether (sulfide) groups is 1. The third kappa shape index (κ3) is 3.25. The molecule has 1 unspecified atom stereocenters. The molecule has 6 heteroatoms. The Balaban J connectivity index is 2.06. The molecule has 1 fully saturated rings. The Morgan fingerprint density at radius 1 is 1.56 bits per heavy atom. The maximum atomic E-state index is 11.9. The number of benzene rings is 1. The SMILES string of the molecule is CCCC1N[N]C(=NC(=O)c2ccccc2Cl)S1. The van der Waals surface area contributed by atoms with Gasteiger partial charge in [0.25, 0.3) is 5.91 Å². The Hall–Kier alpha value is -1.04. The van der Waals surface area contributed by atoms with Gasteiger partial charge in [-0.2, -0.15) is 15.8 Å². The summed E-state index contributed by atoms with van der Waals surface area (Å²) in [5.74, 6) is -0.356. The molecule has 0 bridgehead atoms. The number of amidine groups is 1. The molecule has 0 aliphatic carbocycles. The summed E-state index contributed by atoms with van der Waals surface area (Å²) in [4.78, 5) is 15.9. The lowest BCUT2D eigenvalue weighted by Crippen LogP contribution is -2.25. The fourth-order valence-corrected chi connectivity index (χ4v) is 2.70. The van der Waals surface area contributed by atoms with E-state index in [1.165, 1.54) is 11.8 Å². The van der Waals surface area contributed by atoms with Crippen molar-refractivity contribution in [2.75, 3.05) is 0 Å². The number of hydrogen-bond acceptors (Lipinski definition) is 3. The van der Waals surface area contributed by atoms with Crippen LogP contribution in [0.25, 0.3) is 0 Å². The number of hydrogen-bond donors (Lipinski definition) is 1. The number of amides is 1. The van der Waals surface area contributed by atoms with Crippen LogP contribution in [0.4, 0.5) is 0 Å². The minimum Gasteiger partial charge on any atom is -0.267 e. The highest BCUT2D eigenvalue weighted by Crippen LogP contribution is 2.21. The van der Waals surface area contributed by atoms with Gasteiger partial charge in [-0.25, -0.2) is 0 Å². The molecule has 0 aromatic heterocycles. The van der Waals surface area contributed by atoms with Gasteiger partial charge in [0.05, 0.1) is 16.0 Å². The summed E-state index contributed by atoms with van der Waals surface area (Å²) in [6.07, 6.45) is 2.05. The Bertz CT molecular complexity index is 478. The maximum absolute atomic E-state index is 11.9. The van der Waals surface area contributed by atoms with Gasteiger partial charge in [-0.05, 0) is 18.6 Å². The molecule has 1 saturated heterocycles. The molecule has 1 aliphatic rings. The van der Waals surface area contributed by atoms with E-state index in [0.717, 1.165) is 12.8 Å². The third-order valence-corrected chi connectivity index (χ3v) is 3.75. The molecule has 2 rings (SSSR count). The lowest BCUT2D eigenvalue weighted by molar-refractivity contribution is 0.100. The van der Waals surface area contributed by atoms with Gasteiger partial charge < -0.3 is 0 Å². The van der Waals surface area contributed by atoms with Crippen molar-refractivity contribution >= 4 is 34.4 Å². The molecule has 1 aromatic carbocycles. The number of nitrogens with one attached hydrogen (secondary N) is 1. The van der Waals surface area contributed by atoms with Crippen molar-refractivity contribution in [3.8, 4) is 0 Å². The van der Waals surface area contributed by atoms with Gasteiger partial charge >= 0.3 is 0 Å². The number of nitrogens with zero attached hydrogens (tertiary/aromatic N) is 2. The Labute approximate surface area is 115 Å². The summed E-state index contributed by atoms with van der Waals surface area (Å²) in [6, 6.07) is 6.87. The first-order valence-corrected chi connectivity index (χ1v) is 6.97. The molecule has 0 saturated carbocycles. The maximum Gasteiger partial charge on any atom is 0.281 e. The molecule has 95 valence electrons. The van der Waals surface area contributed by atoms with Gasteiger partial charge in [0.2, 0.25) is 5.17 Å². The van der Waals surface area contributed by atoms with Crippen LogP contribution in [0.5, 0.6) is 0 Å². The average Bonchev–Trinajstić information content (AvgIpc) is 2.77. The molecule has 0 spiro atoms. The number of halogens is 1. The van der Waals surface area contributed by atoms with Gasteiger partial charge in [0.15, 0.2) is 0 Å². The fourth-order valence-electron chi connectivity index (χ4n) is 1.53. The van der Waals surface area contributed by atoms with Crippen molar-refractivity contribution in [2.45, 2.75) is 25.1 Å². The van der Waals surface area contributed by atoms with Crippen LogP contribution < -0.4 is 10.9 Å². The van der Waals surface area contributed by atoms with E-state index >= 15 is 0 Å². The average molecular weight is 283 g/mol. The second kappa shape index (κ2) is 6.22. The quantitative estimate of drug-likeness (QED) is 0.927. The number of carbonyl (C=O) groups excluding carboxylic acids is 1. The lowest BCUT2D eigenvalue weighted by Gasteiger charge is -2.01. The van der Waals surface area contributed by atoms with E-state index < -0.39 is 0 Å². The Morgan fingerprint density at radius 3 is 3.06 bits per heavy atom. The van der Waals surface area contributed by atoms with Gasteiger partial charge in [-0.1, -0.05) is 48.8 Å². The molecular weight excluding hydrogens is 270 g/mol. The van der Waals surface area contributed by atoms with Crippen molar-refractivity contribution in [2.24, 2.45) is 4.99 Å². The zero-order valence-corrected chi connectivity index (χ0v) is 11.5. The molecule has 1 radical (unpaired) electrons. The molecule has 1 amide bonds. The lowest BCUT2D eigenvalue weighted by atomic mass is 10.2. The van der Waals surface area contributed by atoms with Crippen LogP contribution in [0, 0.1) is 0 Å². The van der Waals surface area contributed by atoms with Crippen LogP contribution in [0.2, 0.25) is 5.02 Å². The molecule has 1 N–H and O–H groups in total. The topological polar surface area (TPSA) is 55.6 Å². The smallest absolute Gasteiger partial charge is 0.267 e. The van der Waals surface area contributed by atoms with Crippen LogP contribution in [-0.4, -0.2) is 16.4 Å². The highest BCUT2D eigenvalue weighted by atomic mass is 35.5. The summed E-state index contributed by atoms with van der Waals surface area (Å²) < 4.78 is 0. The summed E-state index contributed by atoms with van der Waals surface area (Å²) in [5.41, 5.74) is 7.39. The van der Waals surface area contributed by atoms with Gasteiger partial charge in [-0.15, -0.1) is 0 Å². The predicted octanol–water partition coefficient (Wildman–Crippen LogP) is 2.82.